The number of halogens is 1. The first kappa shape index (κ1) is 20.8. The van der Waals surface area contributed by atoms with E-state index in [0.29, 0.717) is 19.6 Å². The minimum Gasteiger partial charge on any atom is -0.355 e. The van der Waals surface area contributed by atoms with Crippen LogP contribution in [0.2, 0.25) is 0 Å². The quantitative estimate of drug-likeness (QED) is 0.799. The van der Waals surface area contributed by atoms with E-state index in [2.05, 4.69) is 5.32 Å². The summed E-state index contributed by atoms with van der Waals surface area (Å²) in [6.45, 7) is 2.15. The van der Waals surface area contributed by atoms with Crippen molar-refractivity contribution in [2.24, 2.45) is 11.7 Å². The maximum Gasteiger partial charge on any atom is 0.240 e. The van der Waals surface area contributed by atoms with Crippen molar-refractivity contribution < 1.29 is 9.59 Å². The summed E-state index contributed by atoms with van der Waals surface area (Å²) in [5.74, 6) is -0.0223. The summed E-state index contributed by atoms with van der Waals surface area (Å²) in [5, 5.41) is 2.62. The molecule has 0 bridgehead atoms. The summed E-state index contributed by atoms with van der Waals surface area (Å²) in [4.78, 5) is 26.8. The molecule has 2 unspecified atom stereocenters. The number of hydrogen-bond acceptors (Lipinski definition) is 4. The number of nitrogens with one attached hydrogen (secondary N) is 1. The molecule has 1 aromatic carbocycles. The summed E-state index contributed by atoms with van der Waals surface area (Å²) >= 11 is 1.54. The second-order valence-electron chi connectivity index (χ2n) is 5.73. The summed E-state index contributed by atoms with van der Waals surface area (Å²) in [7, 11) is 0. The zero-order chi connectivity index (χ0) is 16.7. The van der Waals surface area contributed by atoms with E-state index < -0.39 is 0 Å². The summed E-state index contributed by atoms with van der Waals surface area (Å²) in [6, 6.07) is 9.81. The van der Waals surface area contributed by atoms with E-state index in [9.17, 15) is 9.59 Å². The molecular formula is C17H26ClN3O2S. The number of hydrogen-bond donors (Lipinski definition) is 2. The van der Waals surface area contributed by atoms with Gasteiger partial charge in [-0.05, 0) is 24.7 Å². The average Bonchev–Trinajstić information content (AvgIpc) is 2.61. The number of piperidine rings is 1. The molecule has 5 nitrogen and oxygen atoms in total. The van der Waals surface area contributed by atoms with Gasteiger partial charge in [-0.2, -0.15) is 0 Å². The smallest absolute Gasteiger partial charge is 0.240 e. The highest BCUT2D eigenvalue weighted by atomic mass is 35.5. The second-order valence-corrected chi connectivity index (χ2v) is 6.67. The minimum atomic E-state index is -0.206. The molecule has 1 saturated heterocycles. The van der Waals surface area contributed by atoms with Gasteiger partial charge < -0.3 is 16.0 Å². The van der Waals surface area contributed by atoms with E-state index in [1.807, 2.05) is 41.5 Å². The first-order valence-electron chi connectivity index (χ1n) is 8.01. The van der Waals surface area contributed by atoms with E-state index in [1.54, 1.807) is 0 Å². The molecule has 1 fully saturated rings. The van der Waals surface area contributed by atoms with Gasteiger partial charge in [0.1, 0.15) is 5.25 Å². The lowest BCUT2D eigenvalue weighted by atomic mass is 9.96. The molecule has 134 valence electrons. The zero-order valence-electron chi connectivity index (χ0n) is 13.9. The van der Waals surface area contributed by atoms with Gasteiger partial charge in [0.05, 0.1) is 5.92 Å². The molecule has 3 N–H and O–H groups in total. The molecule has 1 aliphatic rings. The Labute approximate surface area is 154 Å². The molecule has 0 spiro atoms. The third-order valence-electron chi connectivity index (χ3n) is 4.11. The fraction of sp³-hybridized carbons (Fsp3) is 0.529. The van der Waals surface area contributed by atoms with Gasteiger partial charge in [0, 0.05) is 26.2 Å². The van der Waals surface area contributed by atoms with Crippen LogP contribution in [0.25, 0.3) is 0 Å². The van der Waals surface area contributed by atoms with E-state index in [0.717, 1.165) is 24.9 Å². The molecule has 7 heteroatoms. The van der Waals surface area contributed by atoms with Gasteiger partial charge in [0.25, 0.3) is 0 Å². The molecule has 24 heavy (non-hydrogen) atoms. The molecule has 0 saturated carbocycles. The van der Waals surface area contributed by atoms with E-state index >= 15 is 0 Å². The molecule has 2 amide bonds. The Morgan fingerprint density at radius 2 is 2.08 bits per heavy atom. The third-order valence-corrected chi connectivity index (χ3v) is 5.05. The van der Waals surface area contributed by atoms with Gasteiger partial charge in [-0.15, -0.1) is 24.2 Å². The van der Waals surface area contributed by atoms with Crippen molar-refractivity contribution in [2.45, 2.75) is 18.1 Å². The number of nitrogens with zero attached hydrogens (tertiary/aromatic N) is 1. The van der Waals surface area contributed by atoms with Crippen molar-refractivity contribution in [1.82, 2.24) is 10.2 Å². The van der Waals surface area contributed by atoms with Crippen LogP contribution >= 0.6 is 24.2 Å². The van der Waals surface area contributed by atoms with Crippen LogP contribution < -0.4 is 11.1 Å². The third kappa shape index (κ3) is 5.40. The van der Waals surface area contributed by atoms with Gasteiger partial charge >= 0.3 is 0 Å². The predicted molar refractivity (Wildman–Crippen MR) is 101 cm³/mol. The molecule has 1 aliphatic heterocycles. The fourth-order valence-electron chi connectivity index (χ4n) is 2.90. The summed E-state index contributed by atoms with van der Waals surface area (Å²) < 4.78 is 0. The van der Waals surface area contributed by atoms with Crippen LogP contribution in [0.3, 0.4) is 0 Å². The van der Waals surface area contributed by atoms with E-state index in [1.165, 1.54) is 11.8 Å². The molecule has 0 aliphatic carbocycles. The fourth-order valence-corrected chi connectivity index (χ4v) is 3.68. The highest BCUT2D eigenvalue weighted by molar-refractivity contribution is 7.99. The lowest BCUT2D eigenvalue weighted by molar-refractivity contribution is -0.135. The maximum atomic E-state index is 12.9. The van der Waals surface area contributed by atoms with Gasteiger partial charge in [-0.25, -0.2) is 0 Å². The Balaban J connectivity index is 0.00000288. The largest absolute Gasteiger partial charge is 0.355 e. The van der Waals surface area contributed by atoms with Crippen LogP contribution in [0, 0.1) is 5.92 Å². The van der Waals surface area contributed by atoms with E-state index in [4.69, 9.17) is 5.73 Å². The van der Waals surface area contributed by atoms with Crippen LogP contribution in [0.15, 0.2) is 30.3 Å². The van der Waals surface area contributed by atoms with Crippen LogP contribution in [-0.4, -0.2) is 49.1 Å². The molecule has 0 radical (unpaired) electrons. The Morgan fingerprint density at radius 1 is 1.38 bits per heavy atom. The van der Waals surface area contributed by atoms with Crippen LogP contribution in [0.1, 0.15) is 23.7 Å². The minimum absolute atomic E-state index is 0. The van der Waals surface area contributed by atoms with Crippen molar-refractivity contribution in [3.8, 4) is 0 Å². The maximum absolute atomic E-state index is 12.9. The lowest BCUT2D eigenvalue weighted by Crippen LogP contribution is -2.47. The molecule has 1 heterocycles. The Morgan fingerprint density at radius 3 is 2.71 bits per heavy atom. The standard InChI is InChI=1S/C17H25N3O2S.ClH/c1-23-15(13-6-3-2-4-7-13)17(22)20-11-5-8-14(12-20)16(21)19-10-9-18;/h2-4,6-7,14-15H,5,8-12,18H2,1H3,(H,19,21);1H. The number of likely N-dealkylation sites (tertiary alicyclic amines) is 1. The number of benzene rings is 1. The van der Waals surface area contributed by atoms with Crippen molar-refractivity contribution in [1.29, 1.82) is 0 Å². The van der Waals surface area contributed by atoms with Crippen molar-refractivity contribution in [3.63, 3.8) is 0 Å². The Bertz CT molecular complexity index is 530. The van der Waals surface area contributed by atoms with Crippen LogP contribution in [-0.2, 0) is 9.59 Å². The first-order valence-corrected chi connectivity index (χ1v) is 9.30. The second kappa shape index (κ2) is 10.6. The predicted octanol–water partition coefficient (Wildman–Crippen LogP) is 1.83. The van der Waals surface area contributed by atoms with Crippen molar-refractivity contribution >= 4 is 36.0 Å². The highest BCUT2D eigenvalue weighted by Gasteiger charge is 2.32. The number of carbonyl (C=O) groups excluding carboxylic acids is 2. The van der Waals surface area contributed by atoms with Crippen molar-refractivity contribution in [3.05, 3.63) is 35.9 Å². The SMILES string of the molecule is CSC(C(=O)N1CCCC(C(=O)NCCN)C1)c1ccccc1.Cl. The number of thioether (sulfide) groups is 1. The molecule has 2 rings (SSSR count). The summed E-state index contributed by atoms with van der Waals surface area (Å²) in [6.07, 6.45) is 3.64. The number of rotatable bonds is 6. The number of amides is 2. The topological polar surface area (TPSA) is 75.4 Å². The van der Waals surface area contributed by atoms with Crippen molar-refractivity contribution in [2.75, 3.05) is 32.4 Å². The Kier molecular flexibility index (Phi) is 9.18. The average molecular weight is 372 g/mol. The molecule has 0 aromatic heterocycles. The van der Waals surface area contributed by atoms with Gasteiger partial charge in [0.15, 0.2) is 0 Å². The lowest BCUT2D eigenvalue weighted by Gasteiger charge is -2.34. The number of carbonyl (C=O) groups is 2. The van der Waals surface area contributed by atoms with Gasteiger partial charge in [0.2, 0.25) is 11.8 Å². The van der Waals surface area contributed by atoms with Crippen LogP contribution in [0.5, 0.6) is 0 Å². The molecular weight excluding hydrogens is 346 g/mol. The Hall–Kier alpha value is -1.24. The monoisotopic (exact) mass is 371 g/mol. The van der Waals surface area contributed by atoms with Gasteiger partial charge in [-0.3, -0.25) is 9.59 Å². The van der Waals surface area contributed by atoms with E-state index in [-0.39, 0.29) is 35.4 Å². The number of nitrogens with two attached hydrogens (primary N) is 1. The molecule has 1 aromatic rings. The normalized spacial score (nSPS) is 18.4. The zero-order valence-corrected chi connectivity index (χ0v) is 15.6. The first-order chi connectivity index (χ1) is 11.2. The van der Waals surface area contributed by atoms with Crippen LogP contribution in [0.4, 0.5) is 0 Å². The molecule has 2 atom stereocenters. The summed E-state index contributed by atoms with van der Waals surface area (Å²) in [5.41, 5.74) is 6.44. The van der Waals surface area contributed by atoms with Gasteiger partial charge in [-0.1, -0.05) is 30.3 Å². The highest BCUT2D eigenvalue weighted by Crippen LogP contribution is 2.30.